The molecule has 0 radical (unpaired) electrons. The van der Waals surface area contributed by atoms with Gasteiger partial charge in [0.05, 0.1) is 7.11 Å². The van der Waals surface area contributed by atoms with E-state index in [0.717, 1.165) is 25.4 Å². The van der Waals surface area contributed by atoms with Crippen molar-refractivity contribution < 1.29 is 4.74 Å². The van der Waals surface area contributed by atoms with Gasteiger partial charge in [-0.05, 0) is 38.2 Å². The zero-order valence-corrected chi connectivity index (χ0v) is 12.8. The topological polar surface area (TPSA) is 24.5 Å². The van der Waals surface area contributed by atoms with Gasteiger partial charge >= 0.3 is 0 Å². The van der Waals surface area contributed by atoms with E-state index in [2.05, 4.69) is 42.3 Å². The molecule has 3 heteroatoms. The Balaban J connectivity index is 2.72. The van der Waals surface area contributed by atoms with Crippen molar-refractivity contribution in [1.29, 1.82) is 0 Å². The molecule has 108 valence electrons. The standard InChI is InChI=1S/C16H28N2O/c1-5-7-10-18(6-2)13-14-8-9-15(12-17-3)16(11-14)19-4/h8-9,11,17H,5-7,10,12-13H2,1-4H3. The molecule has 0 fully saturated rings. The Morgan fingerprint density at radius 3 is 2.63 bits per heavy atom. The van der Waals surface area contributed by atoms with E-state index in [1.807, 2.05) is 7.05 Å². The second-order valence-corrected chi connectivity index (χ2v) is 4.90. The van der Waals surface area contributed by atoms with Crippen molar-refractivity contribution in [3.05, 3.63) is 29.3 Å². The van der Waals surface area contributed by atoms with Gasteiger partial charge in [0.1, 0.15) is 5.75 Å². The molecule has 0 spiro atoms. The summed E-state index contributed by atoms with van der Waals surface area (Å²) in [4.78, 5) is 2.48. The highest BCUT2D eigenvalue weighted by Gasteiger charge is 2.07. The molecule has 0 bridgehead atoms. The van der Waals surface area contributed by atoms with Crippen LogP contribution in [0.3, 0.4) is 0 Å². The van der Waals surface area contributed by atoms with E-state index in [4.69, 9.17) is 4.74 Å². The molecule has 1 N–H and O–H groups in total. The fourth-order valence-corrected chi connectivity index (χ4v) is 2.21. The van der Waals surface area contributed by atoms with Gasteiger partial charge in [-0.15, -0.1) is 0 Å². The third-order valence-corrected chi connectivity index (χ3v) is 3.40. The summed E-state index contributed by atoms with van der Waals surface area (Å²) in [6.45, 7) is 8.59. The Hall–Kier alpha value is -1.06. The third kappa shape index (κ3) is 5.21. The van der Waals surface area contributed by atoms with Gasteiger partial charge in [-0.2, -0.15) is 0 Å². The molecule has 0 heterocycles. The van der Waals surface area contributed by atoms with Gasteiger partial charge in [0.2, 0.25) is 0 Å². The quantitative estimate of drug-likeness (QED) is 0.742. The molecule has 0 amide bonds. The summed E-state index contributed by atoms with van der Waals surface area (Å²) in [5.74, 6) is 0.985. The van der Waals surface area contributed by atoms with E-state index in [-0.39, 0.29) is 0 Å². The maximum Gasteiger partial charge on any atom is 0.123 e. The zero-order chi connectivity index (χ0) is 14.1. The highest BCUT2D eigenvalue weighted by Crippen LogP contribution is 2.21. The Bertz CT molecular complexity index is 366. The molecule has 0 unspecified atom stereocenters. The molecule has 1 aromatic rings. The summed E-state index contributed by atoms with van der Waals surface area (Å²) in [5.41, 5.74) is 2.54. The predicted molar refractivity (Wildman–Crippen MR) is 81.6 cm³/mol. The van der Waals surface area contributed by atoms with Crippen molar-refractivity contribution in [2.75, 3.05) is 27.2 Å². The molecule has 19 heavy (non-hydrogen) atoms. The molecule has 0 aliphatic heterocycles. The lowest BCUT2D eigenvalue weighted by molar-refractivity contribution is 0.275. The first-order valence-corrected chi connectivity index (χ1v) is 7.27. The maximum absolute atomic E-state index is 5.48. The lowest BCUT2D eigenvalue weighted by Crippen LogP contribution is -2.24. The first kappa shape index (κ1) is 16.0. The number of benzene rings is 1. The van der Waals surface area contributed by atoms with E-state index in [0.29, 0.717) is 0 Å². The van der Waals surface area contributed by atoms with E-state index < -0.39 is 0 Å². The summed E-state index contributed by atoms with van der Waals surface area (Å²) >= 11 is 0. The molecule has 0 saturated heterocycles. The predicted octanol–water partition coefficient (Wildman–Crippen LogP) is 3.04. The van der Waals surface area contributed by atoms with Crippen LogP contribution in [0.25, 0.3) is 0 Å². The number of nitrogens with zero attached hydrogens (tertiary/aromatic N) is 1. The number of rotatable bonds is 9. The molecule has 0 aromatic heterocycles. The number of hydrogen-bond donors (Lipinski definition) is 1. The van der Waals surface area contributed by atoms with Crippen LogP contribution in [0.5, 0.6) is 5.75 Å². The van der Waals surface area contributed by atoms with Crippen LogP contribution >= 0.6 is 0 Å². The highest BCUT2D eigenvalue weighted by atomic mass is 16.5. The molecule has 0 atom stereocenters. The number of ether oxygens (including phenoxy) is 1. The minimum atomic E-state index is 0.844. The van der Waals surface area contributed by atoms with Gasteiger partial charge in [-0.1, -0.05) is 32.4 Å². The van der Waals surface area contributed by atoms with E-state index in [1.54, 1.807) is 7.11 Å². The van der Waals surface area contributed by atoms with Gasteiger partial charge < -0.3 is 10.1 Å². The van der Waals surface area contributed by atoms with Crippen LogP contribution in [0.1, 0.15) is 37.8 Å². The Morgan fingerprint density at radius 1 is 1.26 bits per heavy atom. The fourth-order valence-electron chi connectivity index (χ4n) is 2.21. The summed E-state index contributed by atoms with van der Waals surface area (Å²) in [5, 5.41) is 3.17. The monoisotopic (exact) mass is 264 g/mol. The molecule has 0 aliphatic carbocycles. The summed E-state index contributed by atoms with van der Waals surface area (Å²) in [6, 6.07) is 6.55. The SMILES string of the molecule is CCCCN(CC)Cc1ccc(CNC)c(OC)c1. The van der Waals surface area contributed by atoms with Crippen LogP contribution in [0.15, 0.2) is 18.2 Å². The molecular formula is C16H28N2O. The van der Waals surface area contributed by atoms with Gasteiger partial charge in [0.15, 0.2) is 0 Å². The highest BCUT2D eigenvalue weighted by molar-refractivity contribution is 5.37. The number of hydrogen-bond acceptors (Lipinski definition) is 3. The minimum absolute atomic E-state index is 0.844. The number of nitrogens with one attached hydrogen (secondary N) is 1. The fraction of sp³-hybridized carbons (Fsp3) is 0.625. The van der Waals surface area contributed by atoms with Crippen molar-refractivity contribution in [2.45, 2.75) is 39.8 Å². The smallest absolute Gasteiger partial charge is 0.123 e. The van der Waals surface area contributed by atoms with Crippen molar-refractivity contribution in [2.24, 2.45) is 0 Å². The average molecular weight is 264 g/mol. The minimum Gasteiger partial charge on any atom is -0.496 e. The van der Waals surface area contributed by atoms with E-state index in [9.17, 15) is 0 Å². The van der Waals surface area contributed by atoms with Crippen molar-refractivity contribution in [3.63, 3.8) is 0 Å². The normalized spacial score (nSPS) is 11.0. The second-order valence-electron chi connectivity index (χ2n) is 4.90. The van der Waals surface area contributed by atoms with Crippen molar-refractivity contribution in [1.82, 2.24) is 10.2 Å². The van der Waals surface area contributed by atoms with E-state index in [1.165, 1.54) is 30.5 Å². The lowest BCUT2D eigenvalue weighted by Gasteiger charge is -2.21. The maximum atomic E-state index is 5.48. The molecular weight excluding hydrogens is 236 g/mol. The largest absolute Gasteiger partial charge is 0.496 e. The van der Waals surface area contributed by atoms with Crippen LogP contribution in [0, 0.1) is 0 Å². The molecule has 0 aliphatic rings. The van der Waals surface area contributed by atoms with Crippen LogP contribution < -0.4 is 10.1 Å². The second kappa shape index (κ2) is 8.94. The lowest BCUT2D eigenvalue weighted by atomic mass is 10.1. The summed E-state index contributed by atoms with van der Waals surface area (Å²) < 4.78 is 5.48. The molecule has 3 nitrogen and oxygen atoms in total. The average Bonchev–Trinajstić information content (AvgIpc) is 2.45. The zero-order valence-electron chi connectivity index (χ0n) is 12.8. The van der Waals surface area contributed by atoms with E-state index >= 15 is 0 Å². The van der Waals surface area contributed by atoms with Crippen molar-refractivity contribution in [3.8, 4) is 5.75 Å². The Morgan fingerprint density at radius 2 is 2.05 bits per heavy atom. The molecule has 0 saturated carbocycles. The van der Waals surface area contributed by atoms with Gasteiger partial charge in [0, 0.05) is 18.7 Å². The molecule has 1 rings (SSSR count). The number of methoxy groups -OCH3 is 1. The van der Waals surface area contributed by atoms with Crippen LogP contribution in [-0.4, -0.2) is 32.1 Å². The molecule has 1 aromatic carbocycles. The Labute approximate surface area is 118 Å². The number of unbranched alkanes of at least 4 members (excludes halogenated alkanes) is 1. The Kier molecular flexibility index (Phi) is 7.53. The van der Waals surface area contributed by atoms with Crippen LogP contribution in [-0.2, 0) is 13.1 Å². The van der Waals surface area contributed by atoms with Crippen molar-refractivity contribution >= 4 is 0 Å². The summed E-state index contributed by atoms with van der Waals surface area (Å²) in [6.07, 6.45) is 2.52. The third-order valence-electron chi connectivity index (χ3n) is 3.40. The van der Waals surface area contributed by atoms with Crippen LogP contribution in [0.2, 0.25) is 0 Å². The first-order valence-electron chi connectivity index (χ1n) is 7.27. The van der Waals surface area contributed by atoms with Crippen LogP contribution in [0.4, 0.5) is 0 Å². The van der Waals surface area contributed by atoms with Gasteiger partial charge in [0.25, 0.3) is 0 Å². The summed E-state index contributed by atoms with van der Waals surface area (Å²) in [7, 11) is 3.70. The van der Waals surface area contributed by atoms with Gasteiger partial charge in [-0.3, -0.25) is 4.90 Å². The van der Waals surface area contributed by atoms with Gasteiger partial charge in [-0.25, -0.2) is 0 Å². The first-order chi connectivity index (χ1) is 9.24.